The predicted octanol–water partition coefficient (Wildman–Crippen LogP) is 2.58. The van der Waals surface area contributed by atoms with Crippen LogP contribution in [0.4, 0.5) is 16.3 Å². The van der Waals surface area contributed by atoms with E-state index in [0.29, 0.717) is 24.7 Å². The molecule has 0 aliphatic carbocycles. The maximum atomic E-state index is 12.8. The second-order valence-electron chi connectivity index (χ2n) is 6.54. The van der Waals surface area contributed by atoms with Crippen molar-refractivity contribution >= 4 is 23.4 Å². The number of nitrogens with one attached hydrogen (secondary N) is 2. The average Bonchev–Trinajstić information content (AvgIpc) is 3.03. The Bertz CT molecular complexity index is 772. The van der Waals surface area contributed by atoms with Crippen LogP contribution < -0.4 is 10.6 Å². The zero-order chi connectivity index (χ0) is 19.8. The van der Waals surface area contributed by atoms with E-state index < -0.39 is 0 Å². The van der Waals surface area contributed by atoms with E-state index in [-0.39, 0.29) is 18.5 Å². The Morgan fingerprint density at radius 3 is 2.52 bits per heavy atom. The molecule has 2 rings (SSSR count). The van der Waals surface area contributed by atoms with E-state index in [1.54, 1.807) is 13.0 Å². The molecule has 3 amide bonds. The summed E-state index contributed by atoms with van der Waals surface area (Å²) in [6.07, 6.45) is 0.806. The maximum Gasteiger partial charge on any atom is 0.322 e. The molecule has 0 aliphatic heterocycles. The summed E-state index contributed by atoms with van der Waals surface area (Å²) < 4.78 is 4.94. The van der Waals surface area contributed by atoms with Crippen molar-refractivity contribution in [2.45, 2.75) is 20.3 Å². The number of carbonyl (C=O) groups is 2. The van der Waals surface area contributed by atoms with Gasteiger partial charge in [-0.05, 0) is 39.1 Å². The number of hydrogen-bond donors (Lipinski definition) is 2. The molecule has 0 radical (unpaired) electrons. The molecule has 0 saturated carbocycles. The van der Waals surface area contributed by atoms with Crippen LogP contribution in [0.25, 0.3) is 0 Å². The standard InChI is InChI=1S/C19H27N5O3/c1-5-15-8-6-7-9-16(15)20-19(26)24(11-10-23(3)4)13-18(25)21-17-12-14(2)27-22-17/h6-9,12H,5,10-11,13H2,1-4H3,(H,20,26)(H,21,22,25). The molecule has 0 bridgehead atoms. The minimum Gasteiger partial charge on any atom is -0.360 e. The van der Waals surface area contributed by atoms with Crippen molar-refractivity contribution in [3.63, 3.8) is 0 Å². The van der Waals surface area contributed by atoms with Crippen LogP contribution in [0.3, 0.4) is 0 Å². The molecule has 27 heavy (non-hydrogen) atoms. The summed E-state index contributed by atoms with van der Waals surface area (Å²) in [5, 5.41) is 9.29. The Balaban J connectivity index is 2.05. The molecule has 0 atom stereocenters. The third kappa shape index (κ3) is 6.41. The quantitative estimate of drug-likeness (QED) is 0.742. The van der Waals surface area contributed by atoms with Crippen molar-refractivity contribution in [1.82, 2.24) is 15.0 Å². The average molecular weight is 373 g/mol. The lowest BCUT2D eigenvalue weighted by Crippen LogP contribution is -2.43. The van der Waals surface area contributed by atoms with E-state index in [1.807, 2.05) is 50.2 Å². The van der Waals surface area contributed by atoms with Gasteiger partial charge in [0, 0.05) is 24.8 Å². The van der Waals surface area contributed by atoms with Gasteiger partial charge in [-0.25, -0.2) is 4.79 Å². The number of urea groups is 1. The van der Waals surface area contributed by atoms with Gasteiger partial charge in [0.1, 0.15) is 12.3 Å². The van der Waals surface area contributed by atoms with Gasteiger partial charge in [-0.3, -0.25) is 4.79 Å². The molecule has 2 N–H and O–H groups in total. The van der Waals surface area contributed by atoms with Crippen molar-refractivity contribution in [1.29, 1.82) is 0 Å². The summed E-state index contributed by atoms with van der Waals surface area (Å²) >= 11 is 0. The van der Waals surface area contributed by atoms with E-state index in [9.17, 15) is 9.59 Å². The monoisotopic (exact) mass is 373 g/mol. The molecule has 0 spiro atoms. The first kappa shape index (κ1) is 20.4. The van der Waals surface area contributed by atoms with Crippen LogP contribution in [0.1, 0.15) is 18.2 Å². The lowest BCUT2D eigenvalue weighted by Gasteiger charge is -2.24. The zero-order valence-corrected chi connectivity index (χ0v) is 16.3. The Labute approximate surface area is 159 Å². The summed E-state index contributed by atoms with van der Waals surface area (Å²) in [6, 6.07) is 8.95. The van der Waals surface area contributed by atoms with Crippen LogP contribution in [-0.4, -0.2) is 60.6 Å². The molecule has 146 valence electrons. The third-order valence-corrected chi connectivity index (χ3v) is 3.97. The first-order valence-corrected chi connectivity index (χ1v) is 8.90. The molecule has 1 heterocycles. The van der Waals surface area contributed by atoms with Crippen LogP contribution in [0, 0.1) is 6.92 Å². The van der Waals surface area contributed by atoms with Gasteiger partial charge in [0.15, 0.2) is 5.82 Å². The molecule has 2 aromatic rings. The highest BCUT2D eigenvalue weighted by molar-refractivity contribution is 5.96. The number of hydrogen-bond acceptors (Lipinski definition) is 5. The van der Waals surface area contributed by atoms with Gasteiger partial charge in [-0.1, -0.05) is 30.3 Å². The predicted molar refractivity (Wildman–Crippen MR) is 105 cm³/mol. The summed E-state index contributed by atoms with van der Waals surface area (Å²) in [5.41, 5.74) is 1.80. The second kappa shape index (κ2) is 9.72. The number of benzene rings is 1. The number of likely N-dealkylation sites (N-methyl/N-ethyl adjacent to an activating group) is 1. The Hall–Kier alpha value is -2.87. The van der Waals surface area contributed by atoms with E-state index in [1.165, 1.54) is 4.90 Å². The summed E-state index contributed by atoms with van der Waals surface area (Å²) in [6.45, 7) is 4.74. The molecule has 0 aliphatic rings. The molecular weight excluding hydrogens is 346 g/mol. The molecule has 8 nitrogen and oxygen atoms in total. The maximum absolute atomic E-state index is 12.8. The van der Waals surface area contributed by atoms with E-state index in [4.69, 9.17) is 4.52 Å². The molecular formula is C19H27N5O3. The van der Waals surface area contributed by atoms with Crippen molar-refractivity contribution in [3.05, 3.63) is 41.7 Å². The summed E-state index contributed by atoms with van der Waals surface area (Å²) in [4.78, 5) is 28.5. The number of rotatable bonds is 8. The molecule has 8 heteroatoms. The lowest BCUT2D eigenvalue weighted by molar-refractivity contribution is -0.116. The van der Waals surface area contributed by atoms with Crippen LogP contribution in [-0.2, 0) is 11.2 Å². The topological polar surface area (TPSA) is 90.7 Å². The van der Waals surface area contributed by atoms with Crippen molar-refractivity contribution in [2.24, 2.45) is 0 Å². The molecule has 0 unspecified atom stereocenters. The zero-order valence-electron chi connectivity index (χ0n) is 16.3. The smallest absolute Gasteiger partial charge is 0.322 e. The number of nitrogens with zero attached hydrogens (tertiary/aromatic N) is 3. The third-order valence-electron chi connectivity index (χ3n) is 3.97. The van der Waals surface area contributed by atoms with Gasteiger partial charge in [-0.2, -0.15) is 0 Å². The van der Waals surface area contributed by atoms with Gasteiger partial charge in [-0.15, -0.1) is 0 Å². The van der Waals surface area contributed by atoms with Gasteiger partial charge >= 0.3 is 6.03 Å². The Kier molecular flexibility index (Phi) is 7.36. The first-order valence-electron chi connectivity index (χ1n) is 8.90. The van der Waals surface area contributed by atoms with Crippen LogP contribution in [0.5, 0.6) is 0 Å². The number of aryl methyl sites for hydroxylation is 2. The highest BCUT2D eigenvalue weighted by Gasteiger charge is 2.19. The fourth-order valence-corrected chi connectivity index (χ4v) is 2.50. The Morgan fingerprint density at radius 1 is 1.15 bits per heavy atom. The minimum absolute atomic E-state index is 0.0835. The highest BCUT2D eigenvalue weighted by atomic mass is 16.5. The normalized spacial score (nSPS) is 10.7. The first-order chi connectivity index (χ1) is 12.9. The van der Waals surface area contributed by atoms with Crippen molar-refractivity contribution < 1.29 is 14.1 Å². The number of anilines is 2. The van der Waals surface area contributed by atoms with Crippen LogP contribution in [0.2, 0.25) is 0 Å². The van der Waals surface area contributed by atoms with Gasteiger partial charge in [0.05, 0.1) is 0 Å². The summed E-state index contributed by atoms with van der Waals surface area (Å²) in [5.74, 6) is 0.603. The number of aromatic nitrogens is 1. The summed E-state index contributed by atoms with van der Waals surface area (Å²) in [7, 11) is 3.83. The molecule has 0 fully saturated rings. The van der Waals surface area contributed by atoms with Gasteiger partial charge in [0.25, 0.3) is 0 Å². The van der Waals surface area contributed by atoms with Crippen molar-refractivity contribution in [3.8, 4) is 0 Å². The van der Waals surface area contributed by atoms with Crippen LogP contribution in [0.15, 0.2) is 34.9 Å². The van der Waals surface area contributed by atoms with E-state index in [0.717, 1.165) is 17.7 Å². The van der Waals surface area contributed by atoms with Crippen molar-refractivity contribution in [2.75, 3.05) is 44.4 Å². The SMILES string of the molecule is CCc1ccccc1NC(=O)N(CCN(C)C)CC(=O)Nc1cc(C)on1. The van der Waals surface area contributed by atoms with E-state index in [2.05, 4.69) is 15.8 Å². The number of carbonyl (C=O) groups excluding carboxylic acids is 2. The fourth-order valence-electron chi connectivity index (χ4n) is 2.50. The second-order valence-corrected chi connectivity index (χ2v) is 6.54. The lowest BCUT2D eigenvalue weighted by atomic mass is 10.1. The highest BCUT2D eigenvalue weighted by Crippen LogP contribution is 2.16. The number of amides is 3. The fraction of sp³-hybridized carbons (Fsp3) is 0.421. The van der Waals surface area contributed by atoms with Gasteiger partial charge < -0.3 is 25.0 Å². The molecule has 1 aromatic heterocycles. The molecule has 0 saturated heterocycles. The minimum atomic E-state index is -0.332. The largest absolute Gasteiger partial charge is 0.360 e. The number of para-hydroxylation sites is 1. The van der Waals surface area contributed by atoms with E-state index >= 15 is 0 Å². The van der Waals surface area contributed by atoms with Gasteiger partial charge in [0.2, 0.25) is 5.91 Å². The van der Waals surface area contributed by atoms with Crippen LogP contribution >= 0.6 is 0 Å². The molecule has 1 aromatic carbocycles. The Morgan fingerprint density at radius 2 is 1.89 bits per heavy atom.